The summed E-state index contributed by atoms with van der Waals surface area (Å²) in [7, 11) is 1.69. The summed E-state index contributed by atoms with van der Waals surface area (Å²) < 4.78 is 7.48. The molecule has 1 aromatic carbocycles. The Labute approximate surface area is 126 Å². The van der Waals surface area contributed by atoms with Gasteiger partial charge in [0.1, 0.15) is 12.4 Å². The molecule has 100 valence electrons. The number of fused-ring (bicyclic) bond motifs is 1. The van der Waals surface area contributed by atoms with Crippen LogP contribution in [0.3, 0.4) is 0 Å². The van der Waals surface area contributed by atoms with Crippen molar-refractivity contribution in [3.05, 3.63) is 23.8 Å². The minimum atomic E-state index is -0.000949. The third-order valence-electron chi connectivity index (χ3n) is 3.80. The molecule has 0 aliphatic carbocycles. The summed E-state index contributed by atoms with van der Waals surface area (Å²) >= 11 is 0. The lowest BCUT2D eigenvalue weighted by Gasteiger charge is -2.15. The number of hydrogen-bond acceptors (Lipinski definition) is 2. The smallest absolute Gasteiger partial charge is 0.209 e. The quantitative estimate of drug-likeness (QED) is 0.559. The molecule has 18 heavy (non-hydrogen) atoms. The molecule has 0 fully saturated rings. The Balaban J connectivity index is 0.00000162. The molecule has 0 radical (unpaired) electrons. The highest BCUT2D eigenvalue weighted by molar-refractivity contribution is 5.93. The van der Waals surface area contributed by atoms with Crippen LogP contribution >= 0.6 is 0 Å². The average molecular weight is 361 g/mol. The fourth-order valence-corrected chi connectivity index (χ4v) is 2.48. The molecule has 1 aliphatic rings. The molecule has 0 saturated heterocycles. The Hall–Kier alpha value is -0.620. The summed E-state index contributed by atoms with van der Waals surface area (Å²) in [4.78, 5) is 0. The average Bonchev–Trinajstić information content (AvgIpc) is 2.51. The summed E-state index contributed by atoms with van der Waals surface area (Å²) in [5.74, 6) is 0.885. The molecule has 2 rings (SSSR count). The summed E-state index contributed by atoms with van der Waals surface area (Å²) in [6.07, 6.45) is 0. The number of hydrogen-bond donors (Lipinski definition) is 1. The van der Waals surface area contributed by atoms with Crippen molar-refractivity contribution >= 4 is 11.4 Å². The molecule has 0 amide bonds. The van der Waals surface area contributed by atoms with Gasteiger partial charge in [0.15, 0.2) is 12.3 Å². The molecule has 1 heterocycles. The van der Waals surface area contributed by atoms with Gasteiger partial charge < -0.3 is 33.8 Å². The van der Waals surface area contributed by atoms with Crippen molar-refractivity contribution < 1.29 is 38.4 Å². The van der Waals surface area contributed by atoms with E-state index >= 15 is 0 Å². The van der Waals surface area contributed by atoms with Gasteiger partial charge in [-0.1, -0.05) is 0 Å². The third kappa shape index (κ3) is 2.28. The highest BCUT2D eigenvalue weighted by Crippen LogP contribution is 2.41. The molecule has 0 unspecified atom stereocenters. The Morgan fingerprint density at radius 3 is 2.56 bits per heavy atom. The first-order valence-electron chi connectivity index (χ1n) is 5.93. The van der Waals surface area contributed by atoms with Crippen molar-refractivity contribution in [2.24, 2.45) is 0 Å². The normalized spacial score (nSPS) is 16.3. The lowest BCUT2D eigenvalue weighted by atomic mass is 9.82. The van der Waals surface area contributed by atoms with Gasteiger partial charge in [-0.2, -0.15) is 4.58 Å². The van der Waals surface area contributed by atoms with Gasteiger partial charge in [-0.05, 0) is 26.0 Å². The minimum absolute atomic E-state index is 0. The van der Waals surface area contributed by atoms with E-state index in [4.69, 9.17) is 9.84 Å². The van der Waals surface area contributed by atoms with Gasteiger partial charge in [0.05, 0.1) is 12.5 Å². The van der Waals surface area contributed by atoms with Crippen molar-refractivity contribution in [2.75, 3.05) is 20.3 Å². The van der Waals surface area contributed by atoms with Gasteiger partial charge in [0.25, 0.3) is 0 Å². The van der Waals surface area contributed by atoms with Crippen LogP contribution in [-0.4, -0.2) is 35.7 Å². The third-order valence-corrected chi connectivity index (χ3v) is 3.80. The second kappa shape index (κ2) is 5.57. The standard InChI is InChI=1S/C14H20NO2.HI/c1-10-14(2,3)12-9-11(17-4)5-6-13(12)15(10)7-8-16;/h5-6,9,16H,7-8H2,1-4H3;1H/q+1;/p-1. The zero-order valence-corrected chi connectivity index (χ0v) is 13.5. The Morgan fingerprint density at radius 2 is 2.00 bits per heavy atom. The second-order valence-electron chi connectivity index (χ2n) is 4.97. The van der Waals surface area contributed by atoms with E-state index in [-0.39, 0.29) is 36.0 Å². The van der Waals surface area contributed by atoms with Crippen LogP contribution in [0, 0.1) is 0 Å². The van der Waals surface area contributed by atoms with E-state index in [1.165, 1.54) is 17.0 Å². The summed E-state index contributed by atoms with van der Waals surface area (Å²) in [5.41, 5.74) is 3.72. The van der Waals surface area contributed by atoms with Gasteiger partial charge >= 0.3 is 0 Å². The fourth-order valence-electron chi connectivity index (χ4n) is 2.48. The maximum atomic E-state index is 9.16. The molecule has 0 spiro atoms. The lowest BCUT2D eigenvalue weighted by Crippen LogP contribution is -3.00. The zero-order valence-electron chi connectivity index (χ0n) is 11.3. The monoisotopic (exact) mass is 361 g/mol. The Morgan fingerprint density at radius 1 is 1.33 bits per heavy atom. The van der Waals surface area contributed by atoms with Gasteiger partial charge in [0, 0.05) is 18.6 Å². The molecule has 3 nitrogen and oxygen atoms in total. The molecule has 1 aliphatic heterocycles. The first-order chi connectivity index (χ1) is 8.02. The molecular formula is C14H20INO2. The molecule has 0 atom stereocenters. The van der Waals surface area contributed by atoms with E-state index in [9.17, 15) is 0 Å². The molecule has 1 aromatic rings. The van der Waals surface area contributed by atoms with Gasteiger partial charge in [0.2, 0.25) is 5.69 Å². The van der Waals surface area contributed by atoms with E-state index in [2.05, 4.69) is 37.5 Å². The molecule has 4 heteroatoms. The topological polar surface area (TPSA) is 32.5 Å². The Bertz CT molecular complexity index is 481. The van der Waals surface area contributed by atoms with Crippen LogP contribution in [0.15, 0.2) is 18.2 Å². The van der Waals surface area contributed by atoms with Crippen LogP contribution in [0.4, 0.5) is 5.69 Å². The Kier molecular flexibility index (Phi) is 4.78. The molecule has 0 bridgehead atoms. The van der Waals surface area contributed by atoms with Crippen molar-refractivity contribution in [1.29, 1.82) is 0 Å². The van der Waals surface area contributed by atoms with E-state index in [1.54, 1.807) is 7.11 Å². The van der Waals surface area contributed by atoms with Crippen LogP contribution in [0.25, 0.3) is 0 Å². The number of ether oxygens (including phenoxy) is 1. The number of rotatable bonds is 3. The van der Waals surface area contributed by atoms with E-state index in [0.29, 0.717) is 6.54 Å². The maximum absolute atomic E-state index is 9.16. The van der Waals surface area contributed by atoms with E-state index < -0.39 is 0 Å². The highest BCUT2D eigenvalue weighted by Gasteiger charge is 2.42. The van der Waals surface area contributed by atoms with Crippen LogP contribution in [0.1, 0.15) is 26.3 Å². The summed E-state index contributed by atoms with van der Waals surface area (Å²) in [6.45, 7) is 7.35. The van der Waals surface area contributed by atoms with Crippen LogP contribution in [-0.2, 0) is 5.41 Å². The number of benzene rings is 1. The van der Waals surface area contributed by atoms with Crippen molar-refractivity contribution in [1.82, 2.24) is 0 Å². The van der Waals surface area contributed by atoms with Crippen molar-refractivity contribution in [3.63, 3.8) is 0 Å². The van der Waals surface area contributed by atoms with Crippen molar-refractivity contribution in [2.45, 2.75) is 26.2 Å². The van der Waals surface area contributed by atoms with E-state index in [0.717, 1.165) is 5.75 Å². The fraction of sp³-hybridized carbons (Fsp3) is 0.500. The van der Waals surface area contributed by atoms with Crippen LogP contribution < -0.4 is 28.7 Å². The number of aliphatic hydroxyl groups excluding tert-OH is 1. The maximum Gasteiger partial charge on any atom is 0.209 e. The summed E-state index contributed by atoms with van der Waals surface area (Å²) in [5, 5.41) is 9.16. The predicted molar refractivity (Wildman–Crippen MR) is 68.6 cm³/mol. The van der Waals surface area contributed by atoms with Gasteiger partial charge in [-0.15, -0.1) is 0 Å². The number of nitrogens with zero attached hydrogens (tertiary/aromatic N) is 1. The highest BCUT2D eigenvalue weighted by atomic mass is 127. The SMILES string of the molecule is COc1ccc2c(c1)C(C)(C)C(C)=[N+]2CCO.[I-]. The second-order valence-corrected chi connectivity index (χ2v) is 4.97. The minimum Gasteiger partial charge on any atom is -1.00 e. The molecule has 1 N–H and O–H groups in total. The predicted octanol–water partition coefficient (Wildman–Crippen LogP) is -0.912. The molecular weight excluding hydrogens is 341 g/mol. The molecule has 0 aromatic heterocycles. The van der Waals surface area contributed by atoms with E-state index in [1.807, 2.05) is 6.07 Å². The first kappa shape index (κ1) is 15.4. The summed E-state index contributed by atoms with van der Waals surface area (Å²) in [6, 6.07) is 6.14. The molecule has 0 saturated carbocycles. The first-order valence-corrected chi connectivity index (χ1v) is 5.93. The van der Waals surface area contributed by atoms with Gasteiger partial charge in [-0.25, -0.2) is 0 Å². The van der Waals surface area contributed by atoms with Crippen LogP contribution in [0.2, 0.25) is 0 Å². The van der Waals surface area contributed by atoms with Crippen molar-refractivity contribution in [3.8, 4) is 5.75 Å². The van der Waals surface area contributed by atoms with Gasteiger partial charge in [-0.3, -0.25) is 0 Å². The zero-order chi connectivity index (χ0) is 12.6. The largest absolute Gasteiger partial charge is 1.00 e. The number of aliphatic hydroxyl groups is 1. The number of methoxy groups -OCH3 is 1. The number of halogens is 1. The lowest BCUT2D eigenvalue weighted by molar-refractivity contribution is -0.442. The van der Waals surface area contributed by atoms with Crippen LogP contribution in [0.5, 0.6) is 5.75 Å². The number of β-amino-alcohol motifs (C(OH)–C–C–N with tert-alkyl or cyclic N) is 1.